The van der Waals surface area contributed by atoms with Crippen LogP contribution in [0.25, 0.3) is 0 Å². The maximum absolute atomic E-state index is 12.6. The SMILES string of the molecule is Cc1ccc2c(c1)N(CCCC(=O)N1CCN(c3ccccn3)CC1)C(=O)CO2. The zero-order chi connectivity index (χ0) is 20.2. The van der Waals surface area contributed by atoms with Gasteiger partial charge in [0, 0.05) is 45.3 Å². The average molecular weight is 394 g/mol. The summed E-state index contributed by atoms with van der Waals surface area (Å²) in [5.74, 6) is 1.78. The summed E-state index contributed by atoms with van der Waals surface area (Å²) < 4.78 is 5.51. The molecule has 2 aliphatic heterocycles. The molecule has 1 saturated heterocycles. The van der Waals surface area contributed by atoms with E-state index in [1.165, 1.54) is 0 Å². The molecule has 0 aliphatic carbocycles. The van der Waals surface area contributed by atoms with Crippen LogP contribution in [0.2, 0.25) is 0 Å². The molecule has 1 aromatic carbocycles. The normalized spacial score (nSPS) is 16.4. The highest BCUT2D eigenvalue weighted by atomic mass is 16.5. The maximum atomic E-state index is 12.6. The van der Waals surface area contributed by atoms with Crippen molar-refractivity contribution in [2.75, 3.05) is 49.1 Å². The van der Waals surface area contributed by atoms with Crippen molar-refractivity contribution in [3.8, 4) is 5.75 Å². The molecule has 3 heterocycles. The van der Waals surface area contributed by atoms with Crippen LogP contribution in [-0.4, -0.2) is 61.0 Å². The van der Waals surface area contributed by atoms with Gasteiger partial charge < -0.3 is 19.4 Å². The molecule has 2 aromatic rings. The summed E-state index contributed by atoms with van der Waals surface area (Å²) in [6.07, 6.45) is 2.87. The van der Waals surface area contributed by atoms with Crippen LogP contribution >= 0.6 is 0 Å². The summed E-state index contributed by atoms with van der Waals surface area (Å²) >= 11 is 0. The topological polar surface area (TPSA) is 66.0 Å². The minimum absolute atomic E-state index is 0.0550. The number of carbonyl (C=O) groups is 2. The van der Waals surface area contributed by atoms with Gasteiger partial charge in [0.25, 0.3) is 5.91 Å². The van der Waals surface area contributed by atoms with Gasteiger partial charge >= 0.3 is 0 Å². The number of hydrogen-bond acceptors (Lipinski definition) is 5. The zero-order valence-corrected chi connectivity index (χ0v) is 16.7. The van der Waals surface area contributed by atoms with Crippen LogP contribution in [0.15, 0.2) is 42.6 Å². The zero-order valence-electron chi connectivity index (χ0n) is 16.7. The van der Waals surface area contributed by atoms with E-state index in [1.807, 2.05) is 48.2 Å². The van der Waals surface area contributed by atoms with Crippen molar-refractivity contribution in [3.05, 3.63) is 48.2 Å². The van der Waals surface area contributed by atoms with E-state index in [1.54, 1.807) is 11.1 Å². The van der Waals surface area contributed by atoms with Gasteiger partial charge in [0.1, 0.15) is 11.6 Å². The first kappa shape index (κ1) is 19.2. The van der Waals surface area contributed by atoms with Gasteiger partial charge in [0.05, 0.1) is 5.69 Å². The van der Waals surface area contributed by atoms with Gasteiger partial charge in [-0.05, 0) is 43.2 Å². The number of benzene rings is 1. The highest BCUT2D eigenvalue weighted by molar-refractivity contribution is 5.98. The second-order valence-corrected chi connectivity index (χ2v) is 7.46. The predicted octanol–water partition coefficient (Wildman–Crippen LogP) is 2.24. The third kappa shape index (κ3) is 4.34. The molecule has 0 saturated carbocycles. The number of rotatable bonds is 5. The van der Waals surface area contributed by atoms with Crippen LogP contribution in [0.1, 0.15) is 18.4 Å². The smallest absolute Gasteiger partial charge is 0.265 e. The minimum atomic E-state index is -0.0560. The molecule has 0 radical (unpaired) electrons. The fourth-order valence-electron chi connectivity index (χ4n) is 3.83. The molecule has 1 fully saturated rings. The third-order valence-electron chi connectivity index (χ3n) is 5.44. The number of amides is 2. The van der Waals surface area contributed by atoms with Gasteiger partial charge in [0.2, 0.25) is 5.91 Å². The first-order chi connectivity index (χ1) is 14.1. The third-order valence-corrected chi connectivity index (χ3v) is 5.44. The number of ether oxygens (including phenoxy) is 1. The Morgan fingerprint density at radius 1 is 1.14 bits per heavy atom. The molecule has 0 unspecified atom stereocenters. The van der Waals surface area contributed by atoms with Crippen LogP contribution in [0.5, 0.6) is 5.75 Å². The number of aryl methyl sites for hydroxylation is 1. The van der Waals surface area contributed by atoms with E-state index in [2.05, 4.69) is 9.88 Å². The molecule has 2 aliphatic rings. The average Bonchev–Trinajstić information content (AvgIpc) is 2.76. The van der Waals surface area contributed by atoms with E-state index in [-0.39, 0.29) is 18.4 Å². The molecule has 7 nitrogen and oxygen atoms in total. The van der Waals surface area contributed by atoms with Gasteiger partial charge in [0.15, 0.2) is 6.61 Å². The van der Waals surface area contributed by atoms with Crippen molar-refractivity contribution in [2.45, 2.75) is 19.8 Å². The number of fused-ring (bicyclic) bond motifs is 1. The molecule has 0 atom stereocenters. The van der Waals surface area contributed by atoms with Crippen molar-refractivity contribution in [2.24, 2.45) is 0 Å². The summed E-state index contributed by atoms with van der Waals surface area (Å²) in [6, 6.07) is 11.7. The van der Waals surface area contributed by atoms with Crippen molar-refractivity contribution in [3.63, 3.8) is 0 Å². The van der Waals surface area contributed by atoms with E-state index in [0.717, 1.165) is 35.9 Å². The van der Waals surface area contributed by atoms with Crippen LogP contribution in [0.3, 0.4) is 0 Å². The molecule has 0 N–H and O–H groups in total. The van der Waals surface area contributed by atoms with E-state index in [9.17, 15) is 9.59 Å². The number of hydrogen-bond donors (Lipinski definition) is 0. The molecule has 1 aromatic heterocycles. The number of carbonyl (C=O) groups excluding carboxylic acids is 2. The van der Waals surface area contributed by atoms with Crippen LogP contribution in [0.4, 0.5) is 11.5 Å². The number of anilines is 2. The molecule has 0 spiro atoms. The van der Waals surface area contributed by atoms with Gasteiger partial charge in [-0.1, -0.05) is 12.1 Å². The Hall–Kier alpha value is -3.09. The lowest BCUT2D eigenvalue weighted by Gasteiger charge is -2.35. The molecule has 4 rings (SSSR count). The Balaban J connectivity index is 1.28. The Bertz CT molecular complexity index is 879. The van der Waals surface area contributed by atoms with Crippen LogP contribution in [0, 0.1) is 6.92 Å². The molecule has 0 bridgehead atoms. The first-order valence-electron chi connectivity index (χ1n) is 10.1. The molecule has 152 valence electrons. The summed E-state index contributed by atoms with van der Waals surface area (Å²) in [4.78, 5) is 35.2. The predicted molar refractivity (Wildman–Crippen MR) is 111 cm³/mol. The standard InChI is InChI=1S/C22H26N4O3/c1-17-7-8-19-18(15-17)26(22(28)16-29-19)10-4-6-21(27)25-13-11-24(12-14-25)20-5-2-3-9-23-20/h2-3,5,7-9,15H,4,6,10-14,16H2,1H3. The lowest BCUT2D eigenvalue weighted by Crippen LogP contribution is -2.49. The van der Waals surface area contributed by atoms with Gasteiger partial charge in [-0.25, -0.2) is 4.98 Å². The Morgan fingerprint density at radius 3 is 2.72 bits per heavy atom. The van der Waals surface area contributed by atoms with E-state index < -0.39 is 0 Å². The Kier molecular flexibility index (Phi) is 5.64. The van der Waals surface area contributed by atoms with Crippen molar-refractivity contribution >= 4 is 23.3 Å². The monoisotopic (exact) mass is 394 g/mol. The van der Waals surface area contributed by atoms with E-state index in [0.29, 0.717) is 32.5 Å². The number of nitrogens with zero attached hydrogens (tertiary/aromatic N) is 4. The summed E-state index contributed by atoms with van der Waals surface area (Å²) in [5, 5.41) is 0. The van der Waals surface area contributed by atoms with E-state index in [4.69, 9.17) is 4.74 Å². The van der Waals surface area contributed by atoms with Crippen molar-refractivity contribution < 1.29 is 14.3 Å². The largest absolute Gasteiger partial charge is 0.482 e. The maximum Gasteiger partial charge on any atom is 0.265 e. The van der Waals surface area contributed by atoms with Gasteiger partial charge in [-0.3, -0.25) is 9.59 Å². The van der Waals surface area contributed by atoms with Gasteiger partial charge in [-0.2, -0.15) is 0 Å². The fraction of sp³-hybridized carbons (Fsp3) is 0.409. The number of piperazine rings is 1. The lowest BCUT2D eigenvalue weighted by atomic mass is 10.1. The summed E-state index contributed by atoms with van der Waals surface area (Å²) in [6.45, 7) is 5.56. The molecule has 29 heavy (non-hydrogen) atoms. The van der Waals surface area contributed by atoms with E-state index >= 15 is 0 Å². The Labute approximate surface area is 170 Å². The Morgan fingerprint density at radius 2 is 1.97 bits per heavy atom. The number of pyridine rings is 1. The van der Waals surface area contributed by atoms with Crippen LogP contribution in [-0.2, 0) is 9.59 Å². The second-order valence-electron chi connectivity index (χ2n) is 7.46. The lowest BCUT2D eigenvalue weighted by molar-refractivity contribution is -0.131. The summed E-state index contributed by atoms with van der Waals surface area (Å²) in [7, 11) is 0. The first-order valence-corrected chi connectivity index (χ1v) is 10.1. The van der Waals surface area contributed by atoms with Gasteiger partial charge in [-0.15, -0.1) is 0 Å². The quantitative estimate of drug-likeness (QED) is 0.778. The summed E-state index contributed by atoms with van der Waals surface area (Å²) in [5.41, 5.74) is 1.88. The second kappa shape index (κ2) is 8.51. The number of aromatic nitrogens is 1. The fourth-order valence-corrected chi connectivity index (χ4v) is 3.83. The van der Waals surface area contributed by atoms with Crippen molar-refractivity contribution in [1.29, 1.82) is 0 Å². The minimum Gasteiger partial charge on any atom is -0.482 e. The molecule has 7 heteroatoms. The van der Waals surface area contributed by atoms with Crippen LogP contribution < -0.4 is 14.5 Å². The highest BCUT2D eigenvalue weighted by Gasteiger charge is 2.26. The molecular formula is C22H26N4O3. The molecular weight excluding hydrogens is 368 g/mol. The highest BCUT2D eigenvalue weighted by Crippen LogP contribution is 2.33. The molecule has 2 amide bonds. The van der Waals surface area contributed by atoms with Crippen molar-refractivity contribution in [1.82, 2.24) is 9.88 Å².